The van der Waals surface area contributed by atoms with Crippen molar-refractivity contribution in [3.05, 3.63) is 53.0 Å². The minimum atomic E-state index is -0.602. The van der Waals surface area contributed by atoms with Gasteiger partial charge < -0.3 is 19.9 Å². The lowest BCUT2D eigenvalue weighted by molar-refractivity contribution is 0.117. The lowest BCUT2D eigenvalue weighted by Crippen LogP contribution is -2.26. The fraction of sp³-hybridized carbons (Fsp3) is 0.250. The molecule has 1 atom stereocenters. The number of halogens is 1. The SMILES string of the molecule is COc1cccc(NCC(O)COc2cccc(Br)c2)c1. The van der Waals surface area contributed by atoms with Crippen LogP contribution in [0.5, 0.6) is 11.5 Å². The van der Waals surface area contributed by atoms with Gasteiger partial charge in [0.1, 0.15) is 24.2 Å². The van der Waals surface area contributed by atoms with E-state index in [1.54, 1.807) is 7.11 Å². The number of ether oxygens (including phenoxy) is 2. The normalized spacial score (nSPS) is 11.8. The molecule has 2 aromatic rings. The third-order valence-corrected chi connectivity index (χ3v) is 3.34. The molecule has 0 saturated carbocycles. The molecule has 2 rings (SSSR count). The second kappa shape index (κ2) is 7.90. The molecule has 0 fully saturated rings. The van der Waals surface area contributed by atoms with Crippen molar-refractivity contribution in [1.82, 2.24) is 0 Å². The van der Waals surface area contributed by atoms with E-state index >= 15 is 0 Å². The number of nitrogens with one attached hydrogen (secondary N) is 1. The first-order valence-electron chi connectivity index (χ1n) is 6.62. The molecule has 21 heavy (non-hydrogen) atoms. The third kappa shape index (κ3) is 5.28. The van der Waals surface area contributed by atoms with Crippen LogP contribution >= 0.6 is 15.9 Å². The predicted octanol–water partition coefficient (Wildman–Crippen LogP) is 3.31. The molecule has 1 unspecified atom stereocenters. The zero-order valence-corrected chi connectivity index (χ0v) is 13.3. The Morgan fingerprint density at radius 3 is 2.67 bits per heavy atom. The van der Waals surface area contributed by atoms with Gasteiger partial charge in [-0.1, -0.05) is 28.1 Å². The van der Waals surface area contributed by atoms with Crippen LogP contribution in [0.15, 0.2) is 53.0 Å². The molecule has 4 nitrogen and oxygen atoms in total. The van der Waals surface area contributed by atoms with Gasteiger partial charge in [0.15, 0.2) is 0 Å². The summed E-state index contributed by atoms with van der Waals surface area (Å²) in [5, 5.41) is 13.1. The molecule has 0 heterocycles. The zero-order chi connectivity index (χ0) is 15.1. The van der Waals surface area contributed by atoms with Crippen LogP contribution in [0.4, 0.5) is 5.69 Å². The minimum absolute atomic E-state index is 0.230. The van der Waals surface area contributed by atoms with Gasteiger partial charge in [-0.25, -0.2) is 0 Å². The highest BCUT2D eigenvalue weighted by Gasteiger charge is 2.06. The van der Waals surface area contributed by atoms with Gasteiger partial charge in [0, 0.05) is 22.8 Å². The van der Waals surface area contributed by atoms with E-state index in [-0.39, 0.29) is 6.61 Å². The fourth-order valence-electron chi connectivity index (χ4n) is 1.78. The summed E-state index contributed by atoms with van der Waals surface area (Å²) in [6.07, 6.45) is -0.602. The Bertz CT molecular complexity index is 577. The molecule has 0 aromatic heterocycles. The van der Waals surface area contributed by atoms with Crippen molar-refractivity contribution in [1.29, 1.82) is 0 Å². The molecule has 112 valence electrons. The van der Waals surface area contributed by atoms with E-state index in [2.05, 4.69) is 21.2 Å². The van der Waals surface area contributed by atoms with Gasteiger partial charge in [-0.05, 0) is 30.3 Å². The van der Waals surface area contributed by atoms with E-state index in [9.17, 15) is 5.11 Å². The average molecular weight is 352 g/mol. The third-order valence-electron chi connectivity index (χ3n) is 2.85. The molecular formula is C16H18BrNO3. The summed E-state index contributed by atoms with van der Waals surface area (Å²) in [6, 6.07) is 15.1. The number of methoxy groups -OCH3 is 1. The Hall–Kier alpha value is -1.72. The van der Waals surface area contributed by atoms with Gasteiger partial charge in [0.2, 0.25) is 0 Å². The monoisotopic (exact) mass is 351 g/mol. The molecule has 2 N–H and O–H groups in total. The van der Waals surface area contributed by atoms with Crippen molar-refractivity contribution in [2.45, 2.75) is 6.10 Å². The van der Waals surface area contributed by atoms with E-state index < -0.39 is 6.10 Å². The molecular weight excluding hydrogens is 334 g/mol. The maximum atomic E-state index is 9.94. The molecule has 2 aromatic carbocycles. The lowest BCUT2D eigenvalue weighted by atomic mass is 10.3. The standard InChI is InChI=1S/C16H18BrNO3/c1-20-15-6-3-5-13(9-15)18-10-14(19)11-21-16-7-2-4-12(17)8-16/h2-9,14,18-19H,10-11H2,1H3. The van der Waals surface area contributed by atoms with E-state index in [1.165, 1.54) is 0 Å². The van der Waals surface area contributed by atoms with Crippen molar-refractivity contribution < 1.29 is 14.6 Å². The number of anilines is 1. The van der Waals surface area contributed by atoms with Crippen LogP contribution in [-0.4, -0.2) is 31.5 Å². The maximum Gasteiger partial charge on any atom is 0.120 e. The second-order valence-corrected chi connectivity index (χ2v) is 5.45. The lowest BCUT2D eigenvalue weighted by Gasteiger charge is -2.14. The highest BCUT2D eigenvalue weighted by molar-refractivity contribution is 9.10. The van der Waals surface area contributed by atoms with Crippen molar-refractivity contribution in [3.8, 4) is 11.5 Å². The zero-order valence-electron chi connectivity index (χ0n) is 11.8. The van der Waals surface area contributed by atoms with Crippen molar-refractivity contribution in [2.24, 2.45) is 0 Å². The molecule has 0 bridgehead atoms. The van der Waals surface area contributed by atoms with Crippen LogP contribution in [0.25, 0.3) is 0 Å². The fourth-order valence-corrected chi connectivity index (χ4v) is 2.16. The number of aliphatic hydroxyl groups excluding tert-OH is 1. The molecule has 0 saturated heterocycles. The molecule has 0 radical (unpaired) electrons. The van der Waals surface area contributed by atoms with E-state index in [0.717, 1.165) is 21.7 Å². The van der Waals surface area contributed by atoms with E-state index in [4.69, 9.17) is 9.47 Å². The smallest absolute Gasteiger partial charge is 0.120 e. The Labute approximate surface area is 132 Å². The summed E-state index contributed by atoms with van der Waals surface area (Å²) in [7, 11) is 1.62. The first kappa shape index (κ1) is 15.7. The summed E-state index contributed by atoms with van der Waals surface area (Å²) in [6.45, 7) is 0.634. The number of hydrogen-bond donors (Lipinski definition) is 2. The predicted molar refractivity (Wildman–Crippen MR) is 87.1 cm³/mol. The Morgan fingerprint density at radius 2 is 1.90 bits per heavy atom. The Balaban J connectivity index is 1.78. The first-order valence-corrected chi connectivity index (χ1v) is 7.41. The van der Waals surface area contributed by atoms with Crippen LogP contribution in [0.1, 0.15) is 0 Å². The van der Waals surface area contributed by atoms with Gasteiger partial charge in [0.25, 0.3) is 0 Å². The number of aliphatic hydroxyl groups is 1. The van der Waals surface area contributed by atoms with Crippen molar-refractivity contribution in [2.75, 3.05) is 25.6 Å². The Kier molecular flexibility index (Phi) is 5.90. The number of benzene rings is 2. The molecule has 0 aliphatic rings. The average Bonchev–Trinajstić information content (AvgIpc) is 2.51. The van der Waals surface area contributed by atoms with Crippen LogP contribution in [0.2, 0.25) is 0 Å². The first-order chi connectivity index (χ1) is 10.2. The van der Waals surface area contributed by atoms with Crippen LogP contribution in [0, 0.1) is 0 Å². The van der Waals surface area contributed by atoms with Crippen molar-refractivity contribution >= 4 is 21.6 Å². The highest BCUT2D eigenvalue weighted by Crippen LogP contribution is 2.18. The quantitative estimate of drug-likeness (QED) is 0.803. The summed E-state index contributed by atoms with van der Waals surface area (Å²) < 4.78 is 11.6. The molecule has 0 aliphatic heterocycles. The highest BCUT2D eigenvalue weighted by atomic mass is 79.9. The Morgan fingerprint density at radius 1 is 1.14 bits per heavy atom. The van der Waals surface area contributed by atoms with Gasteiger partial charge in [-0.15, -0.1) is 0 Å². The van der Waals surface area contributed by atoms with E-state index in [0.29, 0.717) is 6.54 Å². The molecule has 5 heteroatoms. The van der Waals surface area contributed by atoms with Gasteiger partial charge in [-0.2, -0.15) is 0 Å². The molecule has 0 aliphatic carbocycles. The summed E-state index contributed by atoms with van der Waals surface area (Å²) in [4.78, 5) is 0. The molecule has 0 spiro atoms. The maximum absolute atomic E-state index is 9.94. The molecule has 0 amide bonds. The van der Waals surface area contributed by atoms with Crippen LogP contribution < -0.4 is 14.8 Å². The van der Waals surface area contributed by atoms with Gasteiger partial charge in [-0.3, -0.25) is 0 Å². The topological polar surface area (TPSA) is 50.7 Å². The second-order valence-electron chi connectivity index (χ2n) is 4.54. The number of hydrogen-bond acceptors (Lipinski definition) is 4. The summed E-state index contributed by atoms with van der Waals surface area (Å²) >= 11 is 3.38. The van der Waals surface area contributed by atoms with Crippen LogP contribution in [0.3, 0.4) is 0 Å². The van der Waals surface area contributed by atoms with Crippen LogP contribution in [-0.2, 0) is 0 Å². The summed E-state index contributed by atoms with van der Waals surface area (Å²) in [5.41, 5.74) is 0.899. The van der Waals surface area contributed by atoms with Gasteiger partial charge in [0.05, 0.1) is 7.11 Å². The summed E-state index contributed by atoms with van der Waals surface area (Å²) in [5.74, 6) is 1.50. The number of rotatable bonds is 7. The van der Waals surface area contributed by atoms with E-state index in [1.807, 2.05) is 48.5 Å². The largest absolute Gasteiger partial charge is 0.497 e. The van der Waals surface area contributed by atoms with Crippen molar-refractivity contribution in [3.63, 3.8) is 0 Å². The minimum Gasteiger partial charge on any atom is -0.497 e. The van der Waals surface area contributed by atoms with Gasteiger partial charge >= 0.3 is 0 Å².